The van der Waals surface area contributed by atoms with E-state index in [9.17, 15) is 21.6 Å². The normalized spacial score (nSPS) is 12.0. The van der Waals surface area contributed by atoms with Crippen molar-refractivity contribution in [3.8, 4) is 11.5 Å². The fourth-order valence-corrected chi connectivity index (χ4v) is 1.97. The zero-order valence-electron chi connectivity index (χ0n) is 11.1. The third-order valence-electron chi connectivity index (χ3n) is 2.56. The van der Waals surface area contributed by atoms with Gasteiger partial charge in [-0.05, 0) is 29.8 Å². The van der Waals surface area contributed by atoms with Gasteiger partial charge in [0.1, 0.15) is 18.1 Å². The first kappa shape index (κ1) is 16.2. The highest BCUT2D eigenvalue weighted by atomic mass is 32.2. The fraction of sp³-hybridized carbons (Fsp3) is 0.143. The minimum Gasteiger partial charge on any atom is -0.489 e. The van der Waals surface area contributed by atoms with Crippen molar-refractivity contribution in [1.29, 1.82) is 0 Å². The molecule has 0 aromatic heterocycles. The van der Waals surface area contributed by atoms with E-state index < -0.39 is 21.4 Å². The summed E-state index contributed by atoms with van der Waals surface area (Å²) in [6, 6.07) is 14.1. The van der Waals surface area contributed by atoms with Crippen LogP contribution in [0.3, 0.4) is 0 Å². The highest BCUT2D eigenvalue weighted by Crippen LogP contribution is 2.28. The van der Waals surface area contributed by atoms with Crippen molar-refractivity contribution in [1.82, 2.24) is 0 Å². The topological polar surface area (TPSA) is 52.6 Å². The molecule has 0 unspecified atom stereocenters. The molecule has 0 aliphatic carbocycles. The van der Waals surface area contributed by atoms with E-state index in [0.29, 0.717) is 5.75 Å². The van der Waals surface area contributed by atoms with Crippen LogP contribution in [0, 0.1) is 0 Å². The maximum atomic E-state index is 12.2. The molecule has 2 aromatic carbocycles. The first-order valence-corrected chi connectivity index (χ1v) is 7.46. The highest BCUT2D eigenvalue weighted by Gasteiger charge is 2.48. The molecule has 2 rings (SSSR count). The Hall–Kier alpha value is -2.22. The Balaban J connectivity index is 1.99. The van der Waals surface area contributed by atoms with Gasteiger partial charge < -0.3 is 8.92 Å². The Kier molecular flexibility index (Phi) is 4.60. The van der Waals surface area contributed by atoms with Crippen LogP contribution in [0.2, 0.25) is 0 Å². The van der Waals surface area contributed by atoms with Crippen LogP contribution in [0.25, 0.3) is 0 Å². The van der Waals surface area contributed by atoms with E-state index >= 15 is 0 Å². The van der Waals surface area contributed by atoms with Gasteiger partial charge in [-0.1, -0.05) is 30.3 Å². The second kappa shape index (κ2) is 6.27. The molecule has 4 nitrogen and oxygen atoms in total. The zero-order chi connectivity index (χ0) is 16.2. The maximum Gasteiger partial charge on any atom is 0.534 e. The molecule has 2 aromatic rings. The monoisotopic (exact) mass is 332 g/mol. The van der Waals surface area contributed by atoms with Crippen LogP contribution in [-0.2, 0) is 16.7 Å². The Morgan fingerprint density at radius 2 is 1.41 bits per heavy atom. The van der Waals surface area contributed by atoms with Crippen LogP contribution >= 0.6 is 0 Å². The second-order valence-corrected chi connectivity index (χ2v) is 5.77. The highest BCUT2D eigenvalue weighted by molar-refractivity contribution is 7.87. The summed E-state index contributed by atoms with van der Waals surface area (Å²) in [5.74, 6) is -0.0648. The Morgan fingerprint density at radius 1 is 0.864 bits per heavy atom. The van der Waals surface area contributed by atoms with E-state index in [-0.39, 0.29) is 6.61 Å². The standard InChI is InChI=1S/C14H11F3O4S/c15-14(16,17)22(18,19)21-13-8-6-12(7-9-13)20-10-11-4-2-1-3-5-11/h1-9H,10H2. The van der Waals surface area contributed by atoms with Crippen molar-refractivity contribution in [2.45, 2.75) is 12.1 Å². The minimum absolute atomic E-state index is 0.280. The van der Waals surface area contributed by atoms with Crippen molar-refractivity contribution in [3.05, 3.63) is 60.2 Å². The molecule has 0 aliphatic rings. The van der Waals surface area contributed by atoms with Crippen molar-refractivity contribution in [2.75, 3.05) is 0 Å². The van der Waals surface area contributed by atoms with E-state index in [0.717, 1.165) is 17.7 Å². The van der Waals surface area contributed by atoms with Gasteiger partial charge in [0.05, 0.1) is 0 Å². The predicted molar refractivity (Wildman–Crippen MR) is 72.8 cm³/mol. The predicted octanol–water partition coefficient (Wildman–Crippen LogP) is 3.49. The first-order chi connectivity index (χ1) is 10.3. The largest absolute Gasteiger partial charge is 0.534 e. The van der Waals surface area contributed by atoms with Gasteiger partial charge in [-0.3, -0.25) is 0 Å². The van der Waals surface area contributed by atoms with Gasteiger partial charge in [0.2, 0.25) is 0 Å². The zero-order valence-corrected chi connectivity index (χ0v) is 11.9. The lowest BCUT2D eigenvalue weighted by molar-refractivity contribution is -0.0500. The van der Waals surface area contributed by atoms with Crippen LogP contribution < -0.4 is 8.92 Å². The van der Waals surface area contributed by atoms with Crippen LogP contribution in [0.4, 0.5) is 13.2 Å². The average Bonchev–Trinajstić information content (AvgIpc) is 2.46. The number of rotatable bonds is 5. The summed E-state index contributed by atoms with van der Waals surface area (Å²) in [7, 11) is -5.66. The van der Waals surface area contributed by atoms with Gasteiger partial charge in [-0.2, -0.15) is 21.6 Å². The van der Waals surface area contributed by atoms with Gasteiger partial charge in [-0.15, -0.1) is 0 Å². The van der Waals surface area contributed by atoms with Crippen molar-refractivity contribution in [3.63, 3.8) is 0 Å². The molecule has 0 amide bonds. The molecule has 22 heavy (non-hydrogen) atoms. The molecule has 0 spiro atoms. The third kappa shape index (κ3) is 4.14. The molecular weight excluding hydrogens is 321 g/mol. The van der Waals surface area contributed by atoms with E-state index in [4.69, 9.17) is 4.74 Å². The smallest absolute Gasteiger partial charge is 0.489 e. The van der Waals surface area contributed by atoms with E-state index in [1.165, 1.54) is 12.1 Å². The molecule has 8 heteroatoms. The van der Waals surface area contributed by atoms with E-state index in [2.05, 4.69) is 4.18 Å². The van der Waals surface area contributed by atoms with Gasteiger partial charge in [0, 0.05) is 0 Å². The molecule has 0 aliphatic heterocycles. The molecular formula is C14H11F3O4S. The van der Waals surface area contributed by atoms with Gasteiger partial charge in [0.15, 0.2) is 0 Å². The van der Waals surface area contributed by atoms with Crippen LogP contribution in [0.5, 0.6) is 11.5 Å². The van der Waals surface area contributed by atoms with Crippen LogP contribution in [0.15, 0.2) is 54.6 Å². The van der Waals surface area contributed by atoms with E-state index in [1.807, 2.05) is 30.3 Å². The summed E-state index contributed by atoms with van der Waals surface area (Å²) in [4.78, 5) is 0. The molecule has 0 saturated carbocycles. The Morgan fingerprint density at radius 3 is 1.95 bits per heavy atom. The van der Waals surface area contributed by atoms with Crippen molar-refractivity contribution < 1.29 is 30.5 Å². The molecule has 0 N–H and O–H groups in total. The fourth-order valence-electron chi connectivity index (χ4n) is 1.51. The number of halogens is 3. The summed E-state index contributed by atoms with van der Waals surface area (Å²) in [6.45, 7) is 0.280. The van der Waals surface area contributed by atoms with Crippen LogP contribution in [0.1, 0.15) is 5.56 Å². The lowest BCUT2D eigenvalue weighted by atomic mass is 10.2. The molecule has 0 heterocycles. The molecule has 0 saturated heterocycles. The number of hydrogen-bond acceptors (Lipinski definition) is 4. The summed E-state index contributed by atoms with van der Waals surface area (Å²) in [5, 5.41) is 0. The molecule has 0 atom stereocenters. The van der Waals surface area contributed by atoms with Crippen LogP contribution in [-0.4, -0.2) is 13.9 Å². The van der Waals surface area contributed by atoms with Gasteiger partial charge >= 0.3 is 15.6 Å². The summed E-state index contributed by atoms with van der Waals surface area (Å²) in [6.07, 6.45) is 0. The van der Waals surface area contributed by atoms with Gasteiger partial charge in [0.25, 0.3) is 0 Å². The minimum atomic E-state index is -5.66. The number of alkyl halides is 3. The average molecular weight is 332 g/mol. The number of hydrogen-bond donors (Lipinski definition) is 0. The second-order valence-electron chi connectivity index (χ2n) is 4.23. The molecule has 0 radical (unpaired) electrons. The Bertz CT molecular complexity index is 710. The molecule has 0 fully saturated rings. The third-order valence-corrected chi connectivity index (χ3v) is 3.54. The van der Waals surface area contributed by atoms with E-state index in [1.54, 1.807) is 0 Å². The lowest BCUT2D eigenvalue weighted by Crippen LogP contribution is -2.28. The Labute approximate surface area is 125 Å². The summed E-state index contributed by atoms with van der Waals surface area (Å²) < 4.78 is 67.6. The summed E-state index contributed by atoms with van der Waals surface area (Å²) in [5.41, 5.74) is -4.54. The quantitative estimate of drug-likeness (QED) is 0.621. The molecule has 118 valence electrons. The molecule has 0 bridgehead atoms. The number of benzene rings is 2. The van der Waals surface area contributed by atoms with Crippen molar-refractivity contribution in [2.24, 2.45) is 0 Å². The SMILES string of the molecule is O=S(=O)(Oc1ccc(OCc2ccccc2)cc1)C(F)(F)F. The maximum absolute atomic E-state index is 12.2. The lowest BCUT2D eigenvalue weighted by Gasteiger charge is -2.10. The first-order valence-electron chi connectivity index (χ1n) is 6.05. The van der Waals surface area contributed by atoms with Crippen molar-refractivity contribution >= 4 is 10.1 Å². The summed E-state index contributed by atoms with van der Waals surface area (Å²) >= 11 is 0. The van der Waals surface area contributed by atoms with Gasteiger partial charge in [-0.25, -0.2) is 0 Å². The number of ether oxygens (including phenoxy) is 1.